The van der Waals surface area contributed by atoms with Crippen molar-refractivity contribution in [1.29, 1.82) is 0 Å². The average Bonchev–Trinajstić information content (AvgIpc) is 2.72. The van der Waals surface area contributed by atoms with Crippen LogP contribution in [0.4, 0.5) is 0 Å². The van der Waals surface area contributed by atoms with E-state index in [1.165, 1.54) is 17.5 Å². The summed E-state index contributed by atoms with van der Waals surface area (Å²) < 4.78 is 5.30. The zero-order valence-corrected chi connectivity index (χ0v) is 16.5. The molecule has 1 aliphatic carbocycles. The first-order valence-corrected chi connectivity index (χ1v) is 10.3. The van der Waals surface area contributed by atoms with Crippen LogP contribution in [-0.2, 0) is 4.79 Å². The average molecular weight is 380 g/mol. The molecule has 0 bridgehead atoms. The zero-order chi connectivity index (χ0) is 19.3. The molecule has 148 valence electrons. The second-order valence-corrected chi connectivity index (χ2v) is 7.88. The third-order valence-corrected chi connectivity index (χ3v) is 6.15. The van der Waals surface area contributed by atoms with Gasteiger partial charge in [0.15, 0.2) is 0 Å². The number of nitrogens with one attached hydrogen (secondary N) is 1. The van der Waals surface area contributed by atoms with E-state index in [4.69, 9.17) is 4.74 Å². The summed E-state index contributed by atoms with van der Waals surface area (Å²) in [5, 5.41) is 3.84. The maximum Gasteiger partial charge on any atom is 0.225 e. The van der Waals surface area contributed by atoms with E-state index in [-0.39, 0.29) is 6.04 Å². The maximum absolute atomic E-state index is 12.5. The summed E-state index contributed by atoms with van der Waals surface area (Å²) in [6.07, 6.45) is 9.05. The highest BCUT2D eigenvalue weighted by Crippen LogP contribution is 2.30. The smallest absolute Gasteiger partial charge is 0.225 e. The molecule has 2 heterocycles. The lowest BCUT2D eigenvalue weighted by Gasteiger charge is -2.38. The molecule has 1 unspecified atom stereocenters. The van der Waals surface area contributed by atoms with Crippen molar-refractivity contribution in [3.05, 3.63) is 59.9 Å². The lowest BCUT2D eigenvalue weighted by molar-refractivity contribution is -0.139. The molecule has 2 fully saturated rings. The molecule has 28 heavy (non-hydrogen) atoms. The molecule has 0 spiro atoms. The van der Waals surface area contributed by atoms with Gasteiger partial charge in [-0.25, -0.2) is 0 Å². The Morgan fingerprint density at radius 3 is 2.25 bits per heavy atom. The Morgan fingerprint density at radius 2 is 1.68 bits per heavy atom. The minimum Gasteiger partial charge on any atom is -0.497 e. The Kier molecular flexibility index (Phi) is 5.91. The van der Waals surface area contributed by atoms with Crippen LogP contribution in [0.3, 0.4) is 0 Å². The van der Waals surface area contributed by atoms with Gasteiger partial charge in [0.1, 0.15) is 5.75 Å². The number of pyridine rings is 1. The zero-order valence-electron chi connectivity index (χ0n) is 16.5. The fraction of sp³-hybridized carbons (Fsp3) is 0.478. The van der Waals surface area contributed by atoms with Crippen LogP contribution in [0.2, 0.25) is 0 Å². The Morgan fingerprint density at radius 1 is 1.04 bits per heavy atom. The molecule has 1 atom stereocenters. The fourth-order valence-corrected chi connectivity index (χ4v) is 4.15. The molecule has 1 aliphatic heterocycles. The van der Waals surface area contributed by atoms with Gasteiger partial charge in [0.2, 0.25) is 5.91 Å². The van der Waals surface area contributed by atoms with Gasteiger partial charge in [-0.1, -0.05) is 18.6 Å². The first kappa shape index (κ1) is 18.9. The van der Waals surface area contributed by atoms with Gasteiger partial charge in [0.05, 0.1) is 13.2 Å². The minimum absolute atomic E-state index is 0.104. The molecular formula is C23H29N3O2. The number of benzene rings is 1. The molecule has 1 aromatic heterocycles. The van der Waals surface area contributed by atoms with E-state index < -0.39 is 0 Å². The molecular weight excluding hydrogens is 350 g/mol. The van der Waals surface area contributed by atoms with Gasteiger partial charge >= 0.3 is 0 Å². The Hall–Kier alpha value is -2.40. The molecule has 1 saturated heterocycles. The van der Waals surface area contributed by atoms with E-state index in [1.807, 2.05) is 24.5 Å². The summed E-state index contributed by atoms with van der Waals surface area (Å²) in [6.45, 7) is 1.72. The topological polar surface area (TPSA) is 54.5 Å². The van der Waals surface area contributed by atoms with Gasteiger partial charge in [0, 0.05) is 37.4 Å². The number of carbonyl (C=O) groups excluding carboxylic acids is 1. The SMILES string of the molecule is COc1ccc(C(NC2CCN(C(=O)C3CCC3)CC2)c2ccncc2)cc1. The summed E-state index contributed by atoms with van der Waals surface area (Å²) in [6, 6.07) is 12.9. The van der Waals surface area contributed by atoms with E-state index in [2.05, 4.69) is 39.5 Å². The van der Waals surface area contributed by atoms with Crippen LogP contribution in [0.25, 0.3) is 0 Å². The summed E-state index contributed by atoms with van der Waals surface area (Å²) in [4.78, 5) is 18.7. The number of hydrogen-bond donors (Lipinski definition) is 1. The number of amides is 1. The molecule has 5 nitrogen and oxygen atoms in total. The van der Waals surface area contributed by atoms with E-state index in [0.717, 1.165) is 44.5 Å². The third kappa shape index (κ3) is 4.20. The fourth-order valence-electron chi connectivity index (χ4n) is 4.15. The van der Waals surface area contributed by atoms with Crippen molar-refractivity contribution in [2.45, 2.75) is 44.2 Å². The predicted molar refractivity (Wildman–Crippen MR) is 109 cm³/mol. The summed E-state index contributed by atoms with van der Waals surface area (Å²) >= 11 is 0. The van der Waals surface area contributed by atoms with Crippen LogP contribution < -0.4 is 10.1 Å². The highest BCUT2D eigenvalue weighted by atomic mass is 16.5. The molecule has 1 saturated carbocycles. The summed E-state index contributed by atoms with van der Waals surface area (Å²) in [5.41, 5.74) is 2.41. The van der Waals surface area contributed by atoms with Gasteiger partial charge < -0.3 is 15.0 Å². The van der Waals surface area contributed by atoms with Crippen molar-refractivity contribution >= 4 is 5.91 Å². The number of nitrogens with zero attached hydrogens (tertiary/aromatic N) is 2. The molecule has 1 N–H and O–H groups in total. The van der Waals surface area contributed by atoms with Crippen LogP contribution >= 0.6 is 0 Å². The predicted octanol–water partition coefficient (Wildman–Crippen LogP) is 3.56. The number of rotatable bonds is 6. The van der Waals surface area contributed by atoms with Gasteiger partial charge in [-0.05, 0) is 61.1 Å². The van der Waals surface area contributed by atoms with Crippen LogP contribution in [0.15, 0.2) is 48.8 Å². The van der Waals surface area contributed by atoms with Crippen molar-refractivity contribution in [3.63, 3.8) is 0 Å². The van der Waals surface area contributed by atoms with Crippen LogP contribution in [0.5, 0.6) is 5.75 Å². The largest absolute Gasteiger partial charge is 0.497 e. The number of methoxy groups -OCH3 is 1. The van der Waals surface area contributed by atoms with Crippen LogP contribution in [-0.4, -0.2) is 42.0 Å². The van der Waals surface area contributed by atoms with Gasteiger partial charge in [0.25, 0.3) is 0 Å². The minimum atomic E-state index is 0.104. The summed E-state index contributed by atoms with van der Waals surface area (Å²) in [7, 11) is 1.69. The molecule has 4 rings (SSSR count). The van der Waals surface area contributed by atoms with Gasteiger partial charge in [-0.15, -0.1) is 0 Å². The molecule has 1 aromatic carbocycles. The van der Waals surface area contributed by atoms with Crippen molar-refractivity contribution < 1.29 is 9.53 Å². The van der Waals surface area contributed by atoms with Crippen molar-refractivity contribution in [1.82, 2.24) is 15.2 Å². The Balaban J connectivity index is 1.43. The number of likely N-dealkylation sites (tertiary alicyclic amines) is 1. The Labute approximate surface area is 167 Å². The summed E-state index contributed by atoms with van der Waals surface area (Å²) in [5.74, 6) is 1.54. The van der Waals surface area contributed by atoms with Crippen LogP contribution in [0.1, 0.15) is 49.3 Å². The quantitative estimate of drug-likeness (QED) is 0.834. The molecule has 1 amide bonds. The number of piperidine rings is 1. The van der Waals surface area contributed by atoms with Gasteiger partial charge in [-0.2, -0.15) is 0 Å². The van der Waals surface area contributed by atoms with E-state index in [9.17, 15) is 4.79 Å². The normalized spacial score (nSPS) is 19.1. The monoisotopic (exact) mass is 379 g/mol. The highest BCUT2D eigenvalue weighted by molar-refractivity contribution is 5.79. The lowest BCUT2D eigenvalue weighted by Crippen LogP contribution is -2.48. The first-order valence-electron chi connectivity index (χ1n) is 10.3. The molecule has 2 aromatic rings. The number of aromatic nitrogens is 1. The molecule has 0 radical (unpaired) electrons. The maximum atomic E-state index is 12.5. The van der Waals surface area contributed by atoms with Crippen molar-refractivity contribution in [3.8, 4) is 5.75 Å². The van der Waals surface area contributed by atoms with Gasteiger partial charge in [-0.3, -0.25) is 9.78 Å². The van der Waals surface area contributed by atoms with Crippen molar-refractivity contribution in [2.75, 3.05) is 20.2 Å². The number of ether oxygens (including phenoxy) is 1. The van der Waals surface area contributed by atoms with Crippen molar-refractivity contribution in [2.24, 2.45) is 5.92 Å². The Bertz CT molecular complexity index is 766. The molecule has 2 aliphatic rings. The number of hydrogen-bond acceptors (Lipinski definition) is 4. The molecule has 5 heteroatoms. The highest BCUT2D eigenvalue weighted by Gasteiger charge is 2.32. The number of carbonyl (C=O) groups is 1. The van der Waals surface area contributed by atoms with E-state index >= 15 is 0 Å². The van der Waals surface area contributed by atoms with E-state index in [0.29, 0.717) is 17.9 Å². The second kappa shape index (κ2) is 8.74. The van der Waals surface area contributed by atoms with E-state index in [1.54, 1.807) is 7.11 Å². The lowest BCUT2D eigenvalue weighted by atomic mass is 9.84. The second-order valence-electron chi connectivity index (χ2n) is 7.88. The first-order chi connectivity index (χ1) is 13.7. The van der Waals surface area contributed by atoms with Crippen LogP contribution in [0, 0.1) is 5.92 Å². The standard InChI is InChI=1S/C23H29N3O2/c1-28-21-7-5-17(6-8-21)22(18-9-13-24-14-10-18)25-20-11-15-26(16-12-20)23(27)19-3-2-4-19/h5-10,13-14,19-20,22,25H,2-4,11-12,15-16H2,1H3. The third-order valence-electron chi connectivity index (χ3n) is 6.15.